The Balaban J connectivity index is 2.21. The highest BCUT2D eigenvalue weighted by Gasteiger charge is 2.30. The molecule has 0 saturated heterocycles. The van der Waals surface area contributed by atoms with Gasteiger partial charge in [0, 0.05) is 5.56 Å². The molecule has 0 aliphatic carbocycles. The van der Waals surface area contributed by atoms with Gasteiger partial charge in [-0.1, -0.05) is 53.5 Å². The second kappa shape index (κ2) is 3.16. The lowest BCUT2D eigenvalue weighted by molar-refractivity contribution is 0.651. The monoisotopic (exact) mass is 236 g/mol. The average molecular weight is 237 g/mol. The summed E-state index contributed by atoms with van der Waals surface area (Å²) in [5.41, 5.74) is 2.09. The summed E-state index contributed by atoms with van der Waals surface area (Å²) >= 11 is 11.9. The van der Waals surface area contributed by atoms with Crippen molar-refractivity contribution >= 4 is 23.2 Å². The number of hydrogen-bond acceptors (Lipinski definition) is 1. The van der Waals surface area contributed by atoms with Crippen LogP contribution in [-0.2, 0) is 0 Å². The quantitative estimate of drug-likeness (QED) is 0.555. The van der Waals surface area contributed by atoms with E-state index in [-0.39, 0.29) is 0 Å². The number of ether oxygens (including phenoxy) is 1. The first-order valence-corrected chi connectivity index (χ1v) is 5.28. The zero-order chi connectivity index (χ0) is 10.4. The van der Waals surface area contributed by atoms with Gasteiger partial charge in [0.05, 0.1) is 5.02 Å². The van der Waals surface area contributed by atoms with Crippen molar-refractivity contribution in [2.45, 2.75) is 0 Å². The second-order valence-corrected chi connectivity index (χ2v) is 4.13. The minimum Gasteiger partial charge on any atom is -0.447 e. The van der Waals surface area contributed by atoms with Crippen LogP contribution in [-0.4, -0.2) is 0 Å². The Morgan fingerprint density at radius 3 is 2.40 bits per heavy atom. The van der Waals surface area contributed by atoms with Crippen molar-refractivity contribution in [2.24, 2.45) is 0 Å². The molecule has 15 heavy (non-hydrogen) atoms. The van der Waals surface area contributed by atoms with Crippen LogP contribution in [0.15, 0.2) is 36.4 Å². The third-order valence-corrected chi connectivity index (χ3v) is 3.15. The Morgan fingerprint density at radius 2 is 1.67 bits per heavy atom. The van der Waals surface area contributed by atoms with Gasteiger partial charge in [0.2, 0.25) is 0 Å². The number of hydrogen-bond donors (Lipinski definition) is 0. The van der Waals surface area contributed by atoms with Gasteiger partial charge in [0.25, 0.3) is 0 Å². The first-order valence-electron chi connectivity index (χ1n) is 4.52. The smallest absolute Gasteiger partial charge is 0.190 e. The summed E-state index contributed by atoms with van der Waals surface area (Å²) in [6.45, 7) is 0. The molecule has 0 atom stereocenters. The number of fused-ring (bicyclic) bond motifs is 1. The highest BCUT2D eigenvalue weighted by Crippen LogP contribution is 2.58. The summed E-state index contributed by atoms with van der Waals surface area (Å²) in [6.07, 6.45) is 0. The van der Waals surface area contributed by atoms with Crippen LogP contribution in [0.3, 0.4) is 0 Å². The maximum Gasteiger partial charge on any atom is 0.190 e. The van der Waals surface area contributed by atoms with Crippen LogP contribution in [0, 0.1) is 0 Å². The van der Waals surface area contributed by atoms with E-state index in [0.29, 0.717) is 15.8 Å². The minimum atomic E-state index is 0.506. The van der Waals surface area contributed by atoms with Gasteiger partial charge in [-0.2, -0.15) is 0 Å². The molecule has 2 aromatic rings. The van der Waals surface area contributed by atoms with Crippen molar-refractivity contribution < 1.29 is 4.74 Å². The van der Waals surface area contributed by atoms with Crippen molar-refractivity contribution in [2.75, 3.05) is 0 Å². The van der Waals surface area contributed by atoms with E-state index in [1.54, 1.807) is 0 Å². The van der Waals surface area contributed by atoms with E-state index < -0.39 is 0 Å². The molecule has 0 N–H and O–H groups in total. The molecule has 0 bridgehead atoms. The first-order chi connectivity index (χ1) is 7.27. The summed E-state index contributed by atoms with van der Waals surface area (Å²) in [4.78, 5) is 0. The van der Waals surface area contributed by atoms with Crippen molar-refractivity contribution in [3.05, 3.63) is 46.4 Å². The highest BCUT2D eigenvalue weighted by atomic mass is 35.5. The van der Waals surface area contributed by atoms with E-state index >= 15 is 0 Å². The molecular formula is C12H6Cl2O. The topological polar surface area (TPSA) is 12.5 Å². The van der Waals surface area contributed by atoms with Crippen LogP contribution in [0.4, 0.5) is 0 Å². The molecule has 74 valence electrons. The molecule has 0 saturated carbocycles. The number of rotatable bonds is 1. The van der Waals surface area contributed by atoms with E-state index in [4.69, 9.17) is 27.9 Å². The largest absolute Gasteiger partial charge is 0.447 e. The maximum atomic E-state index is 5.99. The molecule has 1 nitrogen and oxygen atoms in total. The van der Waals surface area contributed by atoms with Gasteiger partial charge in [-0.05, 0) is 11.6 Å². The van der Waals surface area contributed by atoms with Gasteiger partial charge in [-0.3, -0.25) is 0 Å². The van der Waals surface area contributed by atoms with E-state index in [1.807, 2.05) is 36.4 Å². The van der Waals surface area contributed by atoms with Gasteiger partial charge in [-0.25, -0.2) is 0 Å². The molecule has 0 aromatic heterocycles. The lowest BCUT2D eigenvalue weighted by Gasteiger charge is -1.98. The number of benzene rings is 2. The fourth-order valence-electron chi connectivity index (χ4n) is 1.59. The summed E-state index contributed by atoms with van der Waals surface area (Å²) in [5.74, 6) is 1.55. The van der Waals surface area contributed by atoms with Crippen molar-refractivity contribution in [1.29, 1.82) is 0 Å². The zero-order valence-corrected chi connectivity index (χ0v) is 9.14. The molecule has 0 radical (unpaired) electrons. The van der Waals surface area contributed by atoms with Crippen molar-refractivity contribution in [3.8, 4) is 22.6 Å². The standard InChI is InChI=1S/C12H6Cl2O/c13-9-6-8(7-4-2-1-3-5-7)11-12(15-11)10(9)14/h1-6H. The first kappa shape index (κ1) is 9.08. The zero-order valence-electron chi connectivity index (χ0n) is 7.63. The molecule has 1 aliphatic heterocycles. The molecular weight excluding hydrogens is 231 g/mol. The van der Waals surface area contributed by atoms with Crippen LogP contribution < -0.4 is 4.74 Å². The van der Waals surface area contributed by atoms with Gasteiger partial charge >= 0.3 is 0 Å². The van der Waals surface area contributed by atoms with Crippen LogP contribution in [0.5, 0.6) is 11.5 Å². The molecule has 0 amide bonds. The molecule has 3 heteroatoms. The molecule has 0 fully saturated rings. The molecule has 1 aliphatic rings. The van der Waals surface area contributed by atoms with Gasteiger partial charge in [0.15, 0.2) is 11.5 Å². The van der Waals surface area contributed by atoms with E-state index in [0.717, 1.165) is 16.9 Å². The summed E-state index contributed by atoms with van der Waals surface area (Å²) in [7, 11) is 0. The fraction of sp³-hybridized carbons (Fsp3) is 0. The minimum absolute atomic E-state index is 0.506. The van der Waals surface area contributed by atoms with Gasteiger partial charge < -0.3 is 4.74 Å². The molecule has 0 spiro atoms. The average Bonchev–Trinajstić information content (AvgIpc) is 3.05. The molecule has 1 heterocycles. The van der Waals surface area contributed by atoms with Crippen molar-refractivity contribution in [3.63, 3.8) is 0 Å². The number of halogens is 2. The maximum absolute atomic E-state index is 5.99. The molecule has 3 rings (SSSR count). The van der Waals surface area contributed by atoms with Crippen LogP contribution in [0.2, 0.25) is 10.0 Å². The third-order valence-electron chi connectivity index (χ3n) is 2.38. The highest BCUT2D eigenvalue weighted by molar-refractivity contribution is 6.44. The lowest BCUT2D eigenvalue weighted by atomic mass is 10.1. The summed E-state index contributed by atoms with van der Waals surface area (Å²) in [6, 6.07) is 11.8. The van der Waals surface area contributed by atoms with E-state index in [1.165, 1.54) is 0 Å². The predicted molar refractivity (Wildman–Crippen MR) is 62.0 cm³/mol. The Bertz CT molecular complexity index is 531. The summed E-state index contributed by atoms with van der Waals surface area (Å²) < 4.78 is 5.32. The molecule has 0 unspecified atom stereocenters. The fourth-order valence-corrected chi connectivity index (χ4v) is 1.97. The third kappa shape index (κ3) is 1.39. The van der Waals surface area contributed by atoms with Crippen LogP contribution >= 0.6 is 23.2 Å². The van der Waals surface area contributed by atoms with Crippen LogP contribution in [0.25, 0.3) is 11.1 Å². The predicted octanol–water partition coefficient (Wildman–Crippen LogP) is 4.77. The van der Waals surface area contributed by atoms with Gasteiger partial charge in [0.1, 0.15) is 5.02 Å². The lowest BCUT2D eigenvalue weighted by Crippen LogP contribution is -1.73. The van der Waals surface area contributed by atoms with E-state index in [2.05, 4.69) is 0 Å². The Morgan fingerprint density at radius 1 is 0.933 bits per heavy atom. The van der Waals surface area contributed by atoms with E-state index in [9.17, 15) is 0 Å². The Labute approximate surface area is 97.2 Å². The SMILES string of the molecule is Clc1cc(-c2ccccc2)c2c(c1Cl)O2. The van der Waals surface area contributed by atoms with Crippen LogP contribution in [0.1, 0.15) is 0 Å². The second-order valence-electron chi connectivity index (χ2n) is 3.35. The van der Waals surface area contributed by atoms with Crippen molar-refractivity contribution in [1.82, 2.24) is 0 Å². The van der Waals surface area contributed by atoms with Gasteiger partial charge in [-0.15, -0.1) is 0 Å². The normalized spacial score (nSPS) is 11.9. The molecule has 2 aromatic carbocycles. The summed E-state index contributed by atoms with van der Waals surface area (Å²) in [5, 5.41) is 1.04. The Hall–Kier alpha value is -1.18. The Kier molecular flexibility index (Phi) is 1.91.